The second kappa shape index (κ2) is 7.48. The average molecular weight is 337 g/mol. The smallest absolute Gasteiger partial charge is 0.275 e. The molecular weight excluding hydrogens is 314 g/mol. The summed E-state index contributed by atoms with van der Waals surface area (Å²) in [6, 6.07) is 1.60. The van der Waals surface area contributed by atoms with Crippen LogP contribution in [0.15, 0.2) is 10.9 Å². The summed E-state index contributed by atoms with van der Waals surface area (Å²) in [6.45, 7) is 11.3. The summed E-state index contributed by atoms with van der Waals surface area (Å²) < 4.78 is 6.79. The van der Waals surface area contributed by atoms with Crippen LogP contribution in [0.4, 0.5) is 0 Å². The molecule has 7 nitrogen and oxygen atoms in total. The van der Waals surface area contributed by atoms with Crippen LogP contribution in [-0.4, -0.2) is 70.3 Å². The minimum atomic E-state index is -0.0929. The van der Waals surface area contributed by atoms with Crippen molar-refractivity contribution in [1.82, 2.24) is 24.4 Å². The molecule has 0 bridgehead atoms. The Balaban J connectivity index is 1.57. The van der Waals surface area contributed by atoms with Gasteiger partial charge < -0.3 is 4.74 Å². The van der Waals surface area contributed by atoms with Crippen LogP contribution in [0, 0.1) is 6.92 Å². The van der Waals surface area contributed by atoms with Gasteiger partial charge >= 0.3 is 0 Å². The fourth-order valence-electron chi connectivity index (χ4n) is 2.77. The van der Waals surface area contributed by atoms with Gasteiger partial charge in [0, 0.05) is 51.9 Å². The van der Waals surface area contributed by atoms with Gasteiger partial charge in [0.05, 0.1) is 12.3 Å². The molecule has 8 heteroatoms. The van der Waals surface area contributed by atoms with E-state index >= 15 is 0 Å². The first-order chi connectivity index (χ1) is 11.2. The molecule has 1 fully saturated rings. The van der Waals surface area contributed by atoms with E-state index < -0.39 is 0 Å². The van der Waals surface area contributed by atoms with E-state index in [1.165, 1.54) is 15.9 Å². The van der Waals surface area contributed by atoms with E-state index in [1.54, 1.807) is 6.07 Å². The van der Waals surface area contributed by atoms with Crippen LogP contribution in [0.1, 0.15) is 17.6 Å². The highest BCUT2D eigenvalue weighted by Gasteiger charge is 2.18. The second-order valence-corrected chi connectivity index (χ2v) is 6.88. The number of rotatable bonds is 6. The summed E-state index contributed by atoms with van der Waals surface area (Å²) in [5, 5.41) is 5.03. The van der Waals surface area contributed by atoms with Crippen LogP contribution in [0.5, 0.6) is 0 Å². The quantitative estimate of drug-likeness (QED) is 0.720. The fourth-order valence-corrected chi connectivity index (χ4v) is 3.54. The van der Waals surface area contributed by atoms with Gasteiger partial charge in [0.15, 0.2) is 0 Å². The molecule has 0 radical (unpaired) electrons. The van der Waals surface area contributed by atoms with Crippen LogP contribution >= 0.6 is 11.3 Å². The third-order valence-electron chi connectivity index (χ3n) is 4.01. The topological polar surface area (TPSA) is 63.0 Å². The van der Waals surface area contributed by atoms with E-state index in [0.29, 0.717) is 4.96 Å². The van der Waals surface area contributed by atoms with E-state index in [0.717, 1.165) is 63.2 Å². The molecule has 0 atom stereocenters. The molecule has 2 aromatic heterocycles. The lowest BCUT2D eigenvalue weighted by atomic mass is 10.3. The molecule has 2 aromatic rings. The Hall–Kier alpha value is -1.35. The largest absolute Gasteiger partial charge is 0.380 e. The summed E-state index contributed by atoms with van der Waals surface area (Å²) in [6.07, 6.45) is 0. The summed E-state index contributed by atoms with van der Waals surface area (Å²) in [7, 11) is 0. The summed E-state index contributed by atoms with van der Waals surface area (Å²) >= 11 is 1.45. The van der Waals surface area contributed by atoms with Crippen molar-refractivity contribution >= 4 is 16.3 Å². The predicted octanol–water partition coefficient (Wildman–Crippen LogP) is 0.614. The predicted molar refractivity (Wildman–Crippen MR) is 90.1 cm³/mol. The van der Waals surface area contributed by atoms with Gasteiger partial charge in [0.1, 0.15) is 5.01 Å². The van der Waals surface area contributed by atoms with Crippen molar-refractivity contribution < 1.29 is 4.74 Å². The average Bonchev–Trinajstić information content (AvgIpc) is 2.90. The molecule has 0 aliphatic carbocycles. The first-order valence-corrected chi connectivity index (χ1v) is 8.86. The maximum absolute atomic E-state index is 12.1. The van der Waals surface area contributed by atoms with Crippen LogP contribution in [0.25, 0.3) is 4.96 Å². The molecular formula is C15H23N5O2S. The minimum Gasteiger partial charge on any atom is -0.380 e. The van der Waals surface area contributed by atoms with Crippen LogP contribution in [0.3, 0.4) is 0 Å². The molecule has 23 heavy (non-hydrogen) atoms. The molecule has 1 aliphatic rings. The van der Waals surface area contributed by atoms with Crippen LogP contribution < -0.4 is 5.56 Å². The van der Waals surface area contributed by atoms with Gasteiger partial charge in [-0.1, -0.05) is 11.3 Å². The fraction of sp³-hybridized carbons (Fsp3) is 0.667. The number of aryl methyl sites for hydroxylation is 1. The first kappa shape index (κ1) is 16.5. The van der Waals surface area contributed by atoms with E-state index in [1.807, 2.05) is 13.8 Å². The normalized spacial score (nSPS) is 17.1. The molecule has 0 spiro atoms. The van der Waals surface area contributed by atoms with Crippen LogP contribution in [-0.2, 0) is 11.3 Å². The molecule has 0 aromatic carbocycles. The van der Waals surface area contributed by atoms with Crippen molar-refractivity contribution in [3.63, 3.8) is 0 Å². The highest BCUT2D eigenvalue weighted by Crippen LogP contribution is 2.11. The Morgan fingerprint density at radius 1 is 1.26 bits per heavy atom. The van der Waals surface area contributed by atoms with Gasteiger partial charge in [0.25, 0.3) is 5.56 Å². The number of nitrogens with zero attached hydrogens (tertiary/aromatic N) is 5. The number of aromatic nitrogens is 3. The highest BCUT2D eigenvalue weighted by molar-refractivity contribution is 7.16. The van der Waals surface area contributed by atoms with Crippen LogP contribution in [0.2, 0.25) is 0 Å². The molecule has 126 valence electrons. The van der Waals surface area contributed by atoms with Crippen molar-refractivity contribution in [2.75, 3.05) is 45.9 Å². The number of piperazine rings is 1. The zero-order valence-corrected chi connectivity index (χ0v) is 14.5. The number of hydrogen-bond acceptors (Lipinski definition) is 7. The van der Waals surface area contributed by atoms with Gasteiger partial charge in [-0.3, -0.25) is 14.6 Å². The van der Waals surface area contributed by atoms with Gasteiger partial charge in [-0.05, 0) is 13.8 Å². The molecule has 3 rings (SSSR count). The van der Waals surface area contributed by atoms with E-state index in [-0.39, 0.29) is 5.56 Å². The summed E-state index contributed by atoms with van der Waals surface area (Å²) in [4.78, 5) is 22.1. The summed E-state index contributed by atoms with van der Waals surface area (Å²) in [5.74, 6) is 0. The van der Waals surface area contributed by atoms with Crippen molar-refractivity contribution in [2.24, 2.45) is 0 Å². The third kappa shape index (κ3) is 4.14. The molecule has 0 amide bonds. The lowest BCUT2D eigenvalue weighted by Crippen LogP contribution is -2.47. The highest BCUT2D eigenvalue weighted by atomic mass is 32.1. The Bertz CT molecular complexity index is 705. The van der Waals surface area contributed by atoms with Gasteiger partial charge in [-0.15, -0.1) is 0 Å². The monoisotopic (exact) mass is 337 g/mol. The molecule has 0 unspecified atom stereocenters. The van der Waals surface area contributed by atoms with Gasteiger partial charge in [-0.2, -0.15) is 9.61 Å². The lowest BCUT2D eigenvalue weighted by Gasteiger charge is -2.34. The summed E-state index contributed by atoms with van der Waals surface area (Å²) in [5.41, 5.74) is 0.742. The van der Waals surface area contributed by atoms with Crippen molar-refractivity contribution in [1.29, 1.82) is 0 Å². The van der Waals surface area contributed by atoms with Crippen molar-refractivity contribution in [3.05, 3.63) is 27.1 Å². The van der Waals surface area contributed by atoms with Crippen molar-refractivity contribution in [3.8, 4) is 0 Å². The second-order valence-electron chi connectivity index (χ2n) is 5.72. The van der Waals surface area contributed by atoms with E-state index in [9.17, 15) is 4.79 Å². The van der Waals surface area contributed by atoms with Gasteiger partial charge in [-0.25, -0.2) is 4.98 Å². The van der Waals surface area contributed by atoms with Crippen molar-refractivity contribution in [2.45, 2.75) is 20.4 Å². The molecule has 3 heterocycles. The first-order valence-electron chi connectivity index (χ1n) is 8.04. The maximum atomic E-state index is 12.1. The lowest BCUT2D eigenvalue weighted by molar-refractivity contribution is 0.0782. The van der Waals surface area contributed by atoms with E-state index in [2.05, 4.69) is 19.9 Å². The minimum absolute atomic E-state index is 0.0929. The standard InChI is InChI=1S/C15H23N5O2S/c1-3-22-9-8-18-4-6-19(7-5-18)11-13-10-14(21)20-15(16-13)23-12(2)17-20/h10H,3-9,11H2,1-2H3. The maximum Gasteiger partial charge on any atom is 0.275 e. The Kier molecular flexibility index (Phi) is 5.37. The molecule has 0 N–H and O–H groups in total. The SMILES string of the molecule is CCOCCN1CCN(Cc2cc(=O)n3nc(C)sc3n2)CC1. The number of ether oxygens (including phenoxy) is 1. The van der Waals surface area contributed by atoms with E-state index in [4.69, 9.17) is 4.74 Å². The van der Waals surface area contributed by atoms with Gasteiger partial charge in [0.2, 0.25) is 4.96 Å². The molecule has 1 aliphatic heterocycles. The number of fused-ring (bicyclic) bond motifs is 1. The third-order valence-corrected chi connectivity index (χ3v) is 4.83. The Morgan fingerprint density at radius 3 is 2.74 bits per heavy atom. The zero-order valence-electron chi connectivity index (χ0n) is 13.7. The zero-order chi connectivity index (χ0) is 16.2. The Labute approximate surface area is 139 Å². The Morgan fingerprint density at radius 2 is 2.00 bits per heavy atom. The molecule has 1 saturated heterocycles. The number of hydrogen-bond donors (Lipinski definition) is 0. The molecule has 0 saturated carbocycles.